The topological polar surface area (TPSA) is 49.3 Å². The second-order valence-corrected chi connectivity index (χ2v) is 6.61. The van der Waals surface area contributed by atoms with Gasteiger partial charge in [0.15, 0.2) is 0 Å². The molecule has 1 aliphatic carbocycles. The summed E-state index contributed by atoms with van der Waals surface area (Å²) >= 11 is 5.30. The molecule has 2 aliphatic rings. The van der Waals surface area contributed by atoms with Crippen LogP contribution in [0, 0.1) is 0 Å². The second kappa shape index (κ2) is 4.00. The van der Waals surface area contributed by atoms with Crippen LogP contribution in [0.25, 0.3) is 0 Å². The van der Waals surface area contributed by atoms with Crippen LogP contribution < -0.4 is 5.32 Å². The summed E-state index contributed by atoms with van der Waals surface area (Å²) in [5.74, 6) is -0.112. The number of hydrogen-bond acceptors (Lipinski definition) is 3. The van der Waals surface area contributed by atoms with E-state index in [4.69, 9.17) is 5.11 Å². The van der Waals surface area contributed by atoms with Crippen LogP contribution in [-0.2, 0) is 16.1 Å². The summed E-state index contributed by atoms with van der Waals surface area (Å²) in [5, 5.41) is 12.4. The van der Waals surface area contributed by atoms with Gasteiger partial charge in [0.25, 0.3) is 0 Å². The number of hydrogen-bond donors (Lipinski definition) is 2. The molecule has 3 nitrogen and oxygen atoms in total. The second-order valence-electron chi connectivity index (χ2n) is 4.44. The number of thioether (sulfide) groups is 1. The molecule has 1 unspecified atom stereocenters. The van der Waals surface area contributed by atoms with Crippen molar-refractivity contribution in [3.8, 4) is 0 Å². The van der Waals surface area contributed by atoms with E-state index in [0.717, 1.165) is 17.3 Å². The zero-order valence-corrected chi connectivity index (χ0v) is 11.5. The molecular formula is C12H12BrNO2S. The predicted molar refractivity (Wildman–Crippen MR) is 71.2 cm³/mol. The molecule has 2 atom stereocenters. The molecule has 17 heavy (non-hydrogen) atoms. The molecule has 0 aromatic heterocycles. The highest BCUT2D eigenvalue weighted by Gasteiger charge is 2.47. The van der Waals surface area contributed by atoms with E-state index >= 15 is 0 Å². The lowest BCUT2D eigenvalue weighted by atomic mass is 10.1. The van der Waals surface area contributed by atoms with E-state index < -0.39 is 12.0 Å². The van der Waals surface area contributed by atoms with Crippen molar-refractivity contribution in [3.63, 3.8) is 0 Å². The van der Waals surface area contributed by atoms with Gasteiger partial charge < -0.3 is 5.11 Å². The fourth-order valence-corrected chi connectivity index (χ4v) is 4.71. The van der Waals surface area contributed by atoms with Crippen LogP contribution in [0.2, 0.25) is 0 Å². The first kappa shape index (κ1) is 11.6. The van der Waals surface area contributed by atoms with Crippen LogP contribution in [0.15, 0.2) is 22.7 Å². The Hall–Kier alpha value is -0.520. The standard InChI is InChI=1S/C12H12BrNO2S/c13-9-3-1-2-8-7(9)4-5-12(8)14-10(6-17-12)11(15)16/h1-3,10,14H,4-6H2,(H,15,16)/t10-,12?/m0/s1. The number of nitrogens with one attached hydrogen (secondary N) is 1. The van der Waals surface area contributed by atoms with Crippen molar-refractivity contribution in [2.24, 2.45) is 0 Å². The maximum absolute atomic E-state index is 11.0. The Labute approximate surface area is 112 Å². The lowest BCUT2D eigenvalue weighted by molar-refractivity contribution is -0.138. The first-order valence-corrected chi connectivity index (χ1v) is 7.32. The van der Waals surface area contributed by atoms with Gasteiger partial charge >= 0.3 is 5.97 Å². The zero-order chi connectivity index (χ0) is 12.0. The lowest BCUT2D eigenvalue weighted by Gasteiger charge is -2.25. The Kier molecular flexibility index (Phi) is 2.72. The molecule has 0 radical (unpaired) electrons. The van der Waals surface area contributed by atoms with E-state index in [2.05, 4.69) is 27.3 Å². The molecular weight excluding hydrogens is 302 g/mol. The Morgan fingerprint density at radius 2 is 2.41 bits per heavy atom. The molecule has 5 heteroatoms. The third kappa shape index (κ3) is 1.72. The average Bonchev–Trinajstić information content (AvgIpc) is 2.87. The number of carbonyl (C=O) groups is 1. The summed E-state index contributed by atoms with van der Waals surface area (Å²) in [4.78, 5) is 10.9. The van der Waals surface area contributed by atoms with E-state index in [-0.39, 0.29) is 4.87 Å². The number of halogens is 1. The normalized spacial score (nSPS) is 30.8. The smallest absolute Gasteiger partial charge is 0.321 e. The van der Waals surface area contributed by atoms with E-state index in [1.54, 1.807) is 11.8 Å². The van der Waals surface area contributed by atoms with Crippen molar-refractivity contribution in [1.82, 2.24) is 5.32 Å². The van der Waals surface area contributed by atoms with Gasteiger partial charge in [-0.15, -0.1) is 11.8 Å². The van der Waals surface area contributed by atoms with Crippen LogP contribution in [0.5, 0.6) is 0 Å². The van der Waals surface area contributed by atoms with Crippen molar-refractivity contribution in [1.29, 1.82) is 0 Å². The molecule has 2 N–H and O–H groups in total. The lowest BCUT2D eigenvalue weighted by Crippen LogP contribution is -2.42. The van der Waals surface area contributed by atoms with Gasteiger partial charge in [-0.25, -0.2) is 0 Å². The molecule has 1 heterocycles. The maximum Gasteiger partial charge on any atom is 0.321 e. The SMILES string of the molecule is O=C(O)[C@@H]1CSC2(CCc3c(Br)cccc32)N1. The number of carboxylic acid groups (broad SMARTS) is 1. The summed E-state index contributed by atoms with van der Waals surface area (Å²) in [5.41, 5.74) is 2.57. The van der Waals surface area contributed by atoms with Gasteiger partial charge in [0, 0.05) is 10.2 Å². The van der Waals surface area contributed by atoms with Gasteiger partial charge in [-0.05, 0) is 30.0 Å². The summed E-state index contributed by atoms with van der Waals surface area (Å²) in [7, 11) is 0. The molecule has 90 valence electrons. The molecule has 1 aliphatic heterocycles. The molecule has 1 spiro atoms. The Balaban J connectivity index is 1.99. The molecule has 1 aromatic carbocycles. The average molecular weight is 314 g/mol. The summed E-state index contributed by atoms with van der Waals surface area (Å²) in [6, 6.07) is 5.75. The Bertz CT molecular complexity index is 493. The Morgan fingerprint density at radius 3 is 3.12 bits per heavy atom. The number of rotatable bonds is 1. The summed E-state index contributed by atoms with van der Waals surface area (Å²) in [6.07, 6.45) is 1.97. The van der Waals surface area contributed by atoms with Gasteiger partial charge in [0.1, 0.15) is 6.04 Å². The van der Waals surface area contributed by atoms with Gasteiger partial charge in [0.05, 0.1) is 4.87 Å². The predicted octanol–water partition coefficient (Wildman–Crippen LogP) is 2.34. The van der Waals surface area contributed by atoms with E-state index in [1.807, 2.05) is 12.1 Å². The first-order valence-electron chi connectivity index (χ1n) is 5.55. The minimum absolute atomic E-state index is 0.178. The number of fused-ring (bicyclic) bond motifs is 2. The first-order chi connectivity index (χ1) is 8.12. The monoisotopic (exact) mass is 313 g/mol. The molecule has 1 saturated heterocycles. The minimum Gasteiger partial charge on any atom is -0.480 e. The molecule has 0 saturated carbocycles. The highest BCUT2D eigenvalue weighted by atomic mass is 79.9. The zero-order valence-electron chi connectivity index (χ0n) is 9.07. The molecule has 0 amide bonds. The van der Waals surface area contributed by atoms with Crippen LogP contribution in [0.4, 0.5) is 0 Å². The summed E-state index contributed by atoms with van der Waals surface area (Å²) < 4.78 is 1.13. The van der Waals surface area contributed by atoms with Crippen molar-refractivity contribution in [2.75, 3.05) is 5.75 Å². The van der Waals surface area contributed by atoms with Crippen LogP contribution >= 0.6 is 27.7 Å². The quantitative estimate of drug-likeness (QED) is 0.835. The third-order valence-corrected chi connectivity index (χ3v) is 5.76. The van der Waals surface area contributed by atoms with Crippen molar-refractivity contribution in [2.45, 2.75) is 23.8 Å². The molecule has 1 fully saturated rings. The number of benzene rings is 1. The van der Waals surface area contributed by atoms with E-state index in [0.29, 0.717) is 5.75 Å². The fraction of sp³-hybridized carbons (Fsp3) is 0.417. The summed E-state index contributed by atoms with van der Waals surface area (Å²) in [6.45, 7) is 0. The van der Waals surface area contributed by atoms with Crippen LogP contribution in [0.1, 0.15) is 17.5 Å². The number of carboxylic acids is 1. The van der Waals surface area contributed by atoms with Gasteiger partial charge in [-0.1, -0.05) is 28.1 Å². The van der Waals surface area contributed by atoms with Crippen LogP contribution in [-0.4, -0.2) is 22.9 Å². The van der Waals surface area contributed by atoms with Crippen molar-refractivity contribution in [3.05, 3.63) is 33.8 Å². The highest BCUT2D eigenvalue weighted by molar-refractivity contribution is 9.10. The van der Waals surface area contributed by atoms with E-state index in [1.165, 1.54) is 11.1 Å². The maximum atomic E-state index is 11.0. The highest BCUT2D eigenvalue weighted by Crippen LogP contribution is 2.50. The Morgan fingerprint density at radius 1 is 1.59 bits per heavy atom. The minimum atomic E-state index is -0.752. The van der Waals surface area contributed by atoms with E-state index in [9.17, 15) is 4.79 Å². The van der Waals surface area contributed by atoms with Gasteiger partial charge in [0.2, 0.25) is 0 Å². The van der Waals surface area contributed by atoms with Crippen molar-refractivity contribution < 1.29 is 9.90 Å². The van der Waals surface area contributed by atoms with Gasteiger partial charge in [-0.3, -0.25) is 10.1 Å². The number of aliphatic carboxylic acids is 1. The van der Waals surface area contributed by atoms with Crippen molar-refractivity contribution >= 4 is 33.7 Å². The molecule has 1 aromatic rings. The molecule has 0 bridgehead atoms. The van der Waals surface area contributed by atoms with Crippen LogP contribution in [0.3, 0.4) is 0 Å². The molecule has 3 rings (SSSR count). The largest absolute Gasteiger partial charge is 0.480 e. The van der Waals surface area contributed by atoms with Gasteiger partial charge in [-0.2, -0.15) is 0 Å². The third-order valence-electron chi connectivity index (χ3n) is 3.48. The fourth-order valence-electron chi connectivity index (χ4n) is 2.65.